The molecule has 0 amide bonds. The number of nitro groups is 1. The lowest BCUT2D eigenvalue weighted by molar-refractivity contribution is -0.388. The van der Waals surface area contributed by atoms with Gasteiger partial charge in [0.2, 0.25) is 0 Å². The van der Waals surface area contributed by atoms with Crippen molar-refractivity contribution < 1.29 is 22.3 Å². The fourth-order valence-electron chi connectivity index (χ4n) is 1.93. The van der Waals surface area contributed by atoms with Crippen molar-refractivity contribution in [2.75, 3.05) is 7.11 Å². The Morgan fingerprint density at radius 3 is 2.36 bits per heavy atom. The average Bonchev–Trinajstić information content (AvgIpc) is 2.46. The average molecular weight is 323 g/mol. The Kier molecular flexibility index (Phi) is 4.32. The SMILES string of the molecule is COc1cccc(OS(=O)(=O)c2c(C)cccc2[N+](=O)[O-])c1. The molecule has 0 spiro atoms. The van der Waals surface area contributed by atoms with Crippen LogP contribution in [0.15, 0.2) is 47.4 Å². The van der Waals surface area contributed by atoms with Gasteiger partial charge in [0.25, 0.3) is 5.69 Å². The molecule has 0 aliphatic heterocycles. The van der Waals surface area contributed by atoms with Gasteiger partial charge in [0, 0.05) is 12.1 Å². The lowest BCUT2D eigenvalue weighted by Gasteiger charge is -2.10. The molecule has 0 bridgehead atoms. The molecule has 0 N–H and O–H groups in total. The van der Waals surface area contributed by atoms with E-state index in [-0.39, 0.29) is 11.3 Å². The number of benzene rings is 2. The van der Waals surface area contributed by atoms with Gasteiger partial charge < -0.3 is 8.92 Å². The molecule has 7 nitrogen and oxygen atoms in total. The third-order valence-corrected chi connectivity index (χ3v) is 4.33. The first-order valence-corrected chi connectivity index (χ1v) is 7.58. The highest BCUT2D eigenvalue weighted by molar-refractivity contribution is 7.87. The first kappa shape index (κ1) is 15.8. The van der Waals surface area contributed by atoms with E-state index in [1.54, 1.807) is 12.1 Å². The summed E-state index contributed by atoms with van der Waals surface area (Å²) in [5.41, 5.74) is -0.292. The predicted molar refractivity (Wildman–Crippen MR) is 78.6 cm³/mol. The number of hydrogen-bond acceptors (Lipinski definition) is 6. The molecular formula is C14H13NO6S. The summed E-state index contributed by atoms with van der Waals surface area (Å²) in [6, 6.07) is 9.97. The van der Waals surface area contributed by atoms with E-state index < -0.39 is 25.6 Å². The zero-order valence-corrected chi connectivity index (χ0v) is 12.7. The first-order valence-electron chi connectivity index (χ1n) is 6.17. The van der Waals surface area contributed by atoms with Crippen molar-refractivity contribution >= 4 is 15.8 Å². The van der Waals surface area contributed by atoms with Crippen LogP contribution in [0.2, 0.25) is 0 Å². The number of rotatable bonds is 5. The van der Waals surface area contributed by atoms with E-state index in [2.05, 4.69) is 0 Å². The van der Waals surface area contributed by atoms with E-state index in [4.69, 9.17) is 8.92 Å². The zero-order chi connectivity index (χ0) is 16.3. The fourth-order valence-corrected chi connectivity index (χ4v) is 3.23. The van der Waals surface area contributed by atoms with Crippen LogP contribution in [-0.2, 0) is 10.1 Å². The number of nitrogens with zero attached hydrogens (tertiary/aromatic N) is 1. The fraction of sp³-hybridized carbons (Fsp3) is 0.143. The minimum Gasteiger partial charge on any atom is -0.497 e. The molecule has 0 atom stereocenters. The maximum atomic E-state index is 12.4. The Morgan fingerprint density at radius 1 is 1.09 bits per heavy atom. The summed E-state index contributed by atoms with van der Waals surface area (Å²) in [6.07, 6.45) is 0. The summed E-state index contributed by atoms with van der Waals surface area (Å²) < 4.78 is 34.7. The van der Waals surface area contributed by atoms with Gasteiger partial charge in [-0.3, -0.25) is 10.1 Å². The Morgan fingerprint density at radius 2 is 1.73 bits per heavy atom. The van der Waals surface area contributed by atoms with Crippen LogP contribution in [0.5, 0.6) is 11.5 Å². The first-order chi connectivity index (χ1) is 10.3. The summed E-state index contributed by atoms with van der Waals surface area (Å²) in [4.78, 5) is 9.83. The highest BCUT2D eigenvalue weighted by atomic mass is 32.2. The minimum atomic E-state index is -4.34. The van der Waals surface area contributed by atoms with E-state index >= 15 is 0 Å². The molecule has 0 aliphatic carbocycles. The Balaban J connectivity index is 2.49. The van der Waals surface area contributed by atoms with Gasteiger partial charge in [-0.25, -0.2) is 0 Å². The van der Waals surface area contributed by atoms with Gasteiger partial charge in [-0.15, -0.1) is 0 Å². The molecule has 2 aromatic carbocycles. The predicted octanol–water partition coefficient (Wildman–Crippen LogP) is 2.68. The van der Waals surface area contributed by atoms with Gasteiger partial charge >= 0.3 is 10.1 Å². The second kappa shape index (κ2) is 6.02. The molecule has 0 aliphatic rings. The molecule has 2 aromatic rings. The molecule has 0 unspecified atom stereocenters. The van der Waals surface area contributed by atoms with Crippen molar-refractivity contribution in [3.05, 3.63) is 58.1 Å². The van der Waals surface area contributed by atoms with Crippen molar-refractivity contribution in [1.29, 1.82) is 0 Å². The summed E-state index contributed by atoms with van der Waals surface area (Å²) >= 11 is 0. The third kappa shape index (κ3) is 3.17. The van der Waals surface area contributed by atoms with Gasteiger partial charge in [-0.2, -0.15) is 8.42 Å². The van der Waals surface area contributed by atoms with Crippen molar-refractivity contribution in [3.8, 4) is 11.5 Å². The lowest BCUT2D eigenvalue weighted by atomic mass is 10.2. The largest absolute Gasteiger partial charge is 0.497 e. The standard InChI is InChI=1S/C14H13NO6S/c1-10-5-3-8-13(15(16)17)14(10)22(18,19)21-12-7-4-6-11(9-12)20-2/h3-9H,1-2H3. The smallest absolute Gasteiger partial charge is 0.346 e. The van der Waals surface area contributed by atoms with Gasteiger partial charge in [-0.1, -0.05) is 18.2 Å². The Bertz CT molecular complexity index is 816. The number of methoxy groups -OCH3 is 1. The molecule has 0 saturated carbocycles. The summed E-state index contributed by atoms with van der Waals surface area (Å²) in [5, 5.41) is 11.0. The van der Waals surface area contributed by atoms with E-state index in [1.165, 1.54) is 38.3 Å². The molecular weight excluding hydrogens is 310 g/mol. The van der Waals surface area contributed by atoms with Gasteiger partial charge in [0.1, 0.15) is 11.5 Å². The van der Waals surface area contributed by atoms with Crippen molar-refractivity contribution in [1.82, 2.24) is 0 Å². The van der Waals surface area contributed by atoms with Crippen LogP contribution in [0, 0.1) is 17.0 Å². The number of hydrogen-bond donors (Lipinski definition) is 0. The molecule has 116 valence electrons. The van der Waals surface area contributed by atoms with Crippen LogP contribution < -0.4 is 8.92 Å². The van der Waals surface area contributed by atoms with Gasteiger partial charge in [0.05, 0.1) is 12.0 Å². The van der Waals surface area contributed by atoms with Crippen molar-refractivity contribution in [2.24, 2.45) is 0 Å². The summed E-state index contributed by atoms with van der Waals surface area (Å²) in [5.74, 6) is 0.420. The highest BCUT2D eigenvalue weighted by Gasteiger charge is 2.29. The van der Waals surface area contributed by atoms with E-state index in [1.807, 2.05) is 0 Å². The normalized spacial score (nSPS) is 11.0. The number of nitro benzene ring substituents is 1. The highest BCUT2D eigenvalue weighted by Crippen LogP contribution is 2.30. The molecule has 22 heavy (non-hydrogen) atoms. The summed E-state index contributed by atoms with van der Waals surface area (Å²) in [7, 11) is -2.91. The molecule has 0 saturated heterocycles. The monoisotopic (exact) mass is 323 g/mol. The van der Waals surface area contributed by atoms with Crippen LogP contribution in [-0.4, -0.2) is 20.5 Å². The number of ether oxygens (including phenoxy) is 1. The molecule has 0 aromatic heterocycles. The second-order valence-corrected chi connectivity index (χ2v) is 5.88. The molecule has 2 rings (SSSR count). The molecule has 0 radical (unpaired) electrons. The van der Waals surface area contributed by atoms with Crippen molar-refractivity contribution in [2.45, 2.75) is 11.8 Å². The maximum Gasteiger partial charge on any atom is 0.346 e. The van der Waals surface area contributed by atoms with E-state index in [0.717, 1.165) is 6.07 Å². The van der Waals surface area contributed by atoms with Gasteiger partial charge in [-0.05, 0) is 24.6 Å². The van der Waals surface area contributed by atoms with E-state index in [0.29, 0.717) is 5.75 Å². The molecule has 0 fully saturated rings. The van der Waals surface area contributed by atoms with E-state index in [9.17, 15) is 18.5 Å². The molecule has 8 heteroatoms. The van der Waals surface area contributed by atoms with Crippen LogP contribution in [0.3, 0.4) is 0 Å². The number of aryl methyl sites for hydroxylation is 1. The maximum absolute atomic E-state index is 12.4. The van der Waals surface area contributed by atoms with Gasteiger partial charge in [0.15, 0.2) is 4.90 Å². The summed E-state index contributed by atoms with van der Waals surface area (Å²) in [6.45, 7) is 1.47. The zero-order valence-electron chi connectivity index (χ0n) is 11.8. The van der Waals surface area contributed by atoms with Crippen LogP contribution in [0.1, 0.15) is 5.56 Å². The van der Waals surface area contributed by atoms with Crippen LogP contribution in [0.4, 0.5) is 5.69 Å². The third-order valence-electron chi connectivity index (χ3n) is 2.88. The lowest BCUT2D eigenvalue weighted by Crippen LogP contribution is -2.13. The minimum absolute atomic E-state index is 0.0110. The Labute approximate surface area is 127 Å². The quantitative estimate of drug-likeness (QED) is 0.477. The Hall–Kier alpha value is -2.61. The van der Waals surface area contributed by atoms with Crippen LogP contribution in [0.25, 0.3) is 0 Å². The second-order valence-electron chi connectivity index (χ2n) is 4.40. The topological polar surface area (TPSA) is 95.7 Å². The van der Waals surface area contributed by atoms with Crippen molar-refractivity contribution in [3.63, 3.8) is 0 Å². The van der Waals surface area contributed by atoms with Crippen LogP contribution >= 0.6 is 0 Å². The molecule has 0 heterocycles.